The summed E-state index contributed by atoms with van der Waals surface area (Å²) in [6.45, 7) is 13.6. The molecule has 1 N–H and O–H groups in total. The molecule has 0 aromatic heterocycles. The van der Waals surface area contributed by atoms with Gasteiger partial charge in [0.1, 0.15) is 5.75 Å². The van der Waals surface area contributed by atoms with Crippen LogP contribution >= 0.6 is 7.92 Å². The van der Waals surface area contributed by atoms with E-state index in [-0.39, 0.29) is 5.04 Å². The third-order valence-corrected chi connectivity index (χ3v) is 13.7. The monoisotopic (exact) mass is 497 g/mol. The van der Waals surface area contributed by atoms with E-state index in [0.29, 0.717) is 0 Å². The highest BCUT2D eigenvalue weighted by atomic mass is 31.1. The molecule has 0 aliphatic rings. The zero-order valence-electron chi connectivity index (χ0n) is 21.7. The molecular formula is C31H36NOPSi. The molecule has 0 fully saturated rings. The van der Waals surface area contributed by atoms with Crippen LogP contribution in [0.4, 0.5) is 11.4 Å². The van der Waals surface area contributed by atoms with Gasteiger partial charge < -0.3 is 9.74 Å². The van der Waals surface area contributed by atoms with E-state index in [1.807, 2.05) is 0 Å². The Balaban J connectivity index is 1.88. The first-order valence-corrected chi connectivity index (χ1v) is 16.5. The molecule has 0 saturated carbocycles. The molecule has 0 heterocycles. The van der Waals surface area contributed by atoms with Crippen molar-refractivity contribution in [1.29, 1.82) is 0 Å². The molecule has 0 amide bonds. The van der Waals surface area contributed by atoms with Gasteiger partial charge in [0.15, 0.2) is 0 Å². The van der Waals surface area contributed by atoms with Gasteiger partial charge in [-0.15, -0.1) is 0 Å². The number of rotatable bonds is 7. The molecule has 0 atom stereocenters. The lowest BCUT2D eigenvalue weighted by Gasteiger charge is -2.36. The average molecular weight is 498 g/mol. The molecule has 0 aliphatic heterocycles. The molecule has 4 aromatic carbocycles. The topological polar surface area (TPSA) is 21.3 Å². The van der Waals surface area contributed by atoms with E-state index in [1.165, 1.54) is 21.5 Å². The van der Waals surface area contributed by atoms with Gasteiger partial charge in [0, 0.05) is 16.7 Å². The van der Waals surface area contributed by atoms with Crippen LogP contribution in [0, 0.1) is 6.92 Å². The molecule has 180 valence electrons. The predicted octanol–water partition coefficient (Wildman–Crippen LogP) is 7.88. The number of aryl methyl sites for hydroxylation is 1. The van der Waals surface area contributed by atoms with Gasteiger partial charge in [-0.3, -0.25) is 0 Å². The Hall–Kier alpha value is -2.87. The lowest BCUT2D eigenvalue weighted by molar-refractivity contribution is 0.492. The van der Waals surface area contributed by atoms with Crippen LogP contribution in [-0.4, -0.2) is 8.32 Å². The summed E-state index contributed by atoms with van der Waals surface area (Å²) >= 11 is 0. The molecule has 4 aromatic rings. The van der Waals surface area contributed by atoms with Crippen molar-refractivity contribution in [2.75, 3.05) is 5.32 Å². The van der Waals surface area contributed by atoms with E-state index in [9.17, 15) is 0 Å². The first-order chi connectivity index (χ1) is 16.7. The van der Waals surface area contributed by atoms with Crippen molar-refractivity contribution >= 4 is 43.5 Å². The lowest BCUT2D eigenvalue weighted by atomic mass is 10.2. The highest BCUT2D eigenvalue weighted by Gasteiger charge is 2.39. The minimum atomic E-state index is -1.98. The number of benzene rings is 4. The Labute approximate surface area is 213 Å². The van der Waals surface area contributed by atoms with Crippen LogP contribution in [0.15, 0.2) is 103 Å². The maximum Gasteiger partial charge on any atom is 0.250 e. The van der Waals surface area contributed by atoms with E-state index in [2.05, 4.69) is 149 Å². The largest absolute Gasteiger partial charge is 0.543 e. The van der Waals surface area contributed by atoms with Gasteiger partial charge in [0.25, 0.3) is 0 Å². The minimum Gasteiger partial charge on any atom is -0.543 e. The minimum absolute atomic E-state index is 0.134. The summed E-state index contributed by atoms with van der Waals surface area (Å²) in [6.07, 6.45) is 0. The van der Waals surface area contributed by atoms with E-state index in [1.54, 1.807) is 0 Å². The summed E-state index contributed by atoms with van der Waals surface area (Å²) in [5.41, 5.74) is 3.48. The summed E-state index contributed by atoms with van der Waals surface area (Å²) < 4.78 is 6.78. The Morgan fingerprint density at radius 2 is 1.23 bits per heavy atom. The van der Waals surface area contributed by atoms with Crippen LogP contribution in [-0.2, 0) is 0 Å². The highest BCUT2D eigenvalue weighted by Crippen LogP contribution is 2.41. The number of para-hydroxylation sites is 1. The normalized spacial score (nSPS) is 12.0. The summed E-state index contributed by atoms with van der Waals surface area (Å²) in [5, 5.41) is 7.81. The van der Waals surface area contributed by atoms with Gasteiger partial charge in [-0.05, 0) is 73.4 Å². The fourth-order valence-electron chi connectivity index (χ4n) is 3.75. The third-order valence-electron chi connectivity index (χ3n) is 6.83. The smallest absolute Gasteiger partial charge is 0.250 e. The summed E-state index contributed by atoms with van der Waals surface area (Å²) in [5.74, 6) is 0.960. The fraction of sp³-hybridized carbons (Fsp3) is 0.226. The van der Waals surface area contributed by atoms with E-state index in [0.717, 1.165) is 17.1 Å². The van der Waals surface area contributed by atoms with Crippen molar-refractivity contribution in [3.05, 3.63) is 109 Å². The van der Waals surface area contributed by atoms with Crippen molar-refractivity contribution in [3.63, 3.8) is 0 Å². The first-order valence-electron chi connectivity index (χ1n) is 12.2. The van der Waals surface area contributed by atoms with Crippen molar-refractivity contribution < 1.29 is 4.43 Å². The second-order valence-corrected chi connectivity index (χ2v) is 17.4. The quantitative estimate of drug-likeness (QED) is 0.207. The molecule has 4 rings (SSSR count). The SMILES string of the molecule is Cc1ccccc1Nc1ccc(O[Si](C)(C)C(C)(C)C)cc1P(c1ccccc1)c1ccccc1. The van der Waals surface area contributed by atoms with Gasteiger partial charge in [0.05, 0.1) is 0 Å². The molecule has 4 heteroatoms. The fourth-order valence-corrected chi connectivity index (χ4v) is 7.20. The van der Waals surface area contributed by atoms with Crippen LogP contribution in [0.3, 0.4) is 0 Å². The zero-order valence-corrected chi connectivity index (χ0v) is 23.6. The molecule has 0 aliphatic carbocycles. The van der Waals surface area contributed by atoms with Gasteiger partial charge in [-0.25, -0.2) is 0 Å². The maximum absolute atomic E-state index is 6.78. The number of nitrogens with one attached hydrogen (secondary N) is 1. The molecule has 0 bridgehead atoms. The van der Waals surface area contributed by atoms with Gasteiger partial charge >= 0.3 is 0 Å². The molecule has 0 radical (unpaired) electrons. The van der Waals surface area contributed by atoms with Gasteiger partial charge in [0.2, 0.25) is 8.32 Å². The van der Waals surface area contributed by atoms with E-state index >= 15 is 0 Å². The van der Waals surface area contributed by atoms with Crippen LogP contribution in [0.1, 0.15) is 26.3 Å². The van der Waals surface area contributed by atoms with Crippen LogP contribution in [0.2, 0.25) is 18.1 Å². The van der Waals surface area contributed by atoms with Crippen LogP contribution < -0.4 is 25.7 Å². The van der Waals surface area contributed by atoms with Crippen LogP contribution in [0.5, 0.6) is 5.75 Å². The molecule has 0 saturated heterocycles. The summed E-state index contributed by atoms with van der Waals surface area (Å²) in [4.78, 5) is 0. The molecular weight excluding hydrogens is 461 g/mol. The van der Waals surface area contributed by atoms with Crippen molar-refractivity contribution in [2.24, 2.45) is 0 Å². The van der Waals surface area contributed by atoms with E-state index < -0.39 is 16.2 Å². The average Bonchev–Trinajstić information content (AvgIpc) is 2.83. The maximum atomic E-state index is 6.78. The van der Waals surface area contributed by atoms with Gasteiger partial charge in [-0.1, -0.05) is 99.6 Å². The van der Waals surface area contributed by atoms with E-state index in [4.69, 9.17) is 4.43 Å². The van der Waals surface area contributed by atoms with Crippen molar-refractivity contribution in [3.8, 4) is 5.75 Å². The molecule has 0 unspecified atom stereocenters. The second-order valence-electron chi connectivity index (χ2n) is 10.5. The number of anilines is 2. The third kappa shape index (κ3) is 5.86. The van der Waals surface area contributed by atoms with Crippen LogP contribution in [0.25, 0.3) is 0 Å². The van der Waals surface area contributed by atoms with Crippen molar-refractivity contribution in [1.82, 2.24) is 0 Å². The number of hydrogen-bond acceptors (Lipinski definition) is 2. The highest BCUT2D eigenvalue weighted by molar-refractivity contribution is 7.80. The molecule has 2 nitrogen and oxygen atoms in total. The van der Waals surface area contributed by atoms with Crippen molar-refractivity contribution in [2.45, 2.75) is 45.8 Å². The van der Waals surface area contributed by atoms with Gasteiger partial charge in [-0.2, -0.15) is 0 Å². The predicted molar refractivity (Wildman–Crippen MR) is 157 cm³/mol. The first kappa shape index (κ1) is 25.2. The summed E-state index contributed by atoms with van der Waals surface area (Å²) in [6, 6.07) is 36.8. The number of hydrogen-bond donors (Lipinski definition) is 1. The Kier molecular flexibility index (Phi) is 7.49. The molecule has 0 spiro atoms. The zero-order chi connectivity index (χ0) is 25.1. The Morgan fingerprint density at radius 3 is 1.77 bits per heavy atom. The standard InChI is InChI=1S/C31H36NOPSi/c1-24-15-13-14-20-28(24)32-29-22-21-25(33-35(5,6)31(2,3)4)23-30(29)34(26-16-9-7-10-17-26)27-18-11-8-12-19-27/h7-23,32H,1-6H3. The Bertz CT molecular complexity index is 1230. The summed E-state index contributed by atoms with van der Waals surface area (Å²) in [7, 11) is -2.76. The lowest BCUT2D eigenvalue weighted by Crippen LogP contribution is -2.44. The molecule has 35 heavy (non-hydrogen) atoms. The Morgan fingerprint density at radius 1 is 0.686 bits per heavy atom. The second kappa shape index (κ2) is 10.4.